The molecular formula is C18H24FNO3. The predicted molar refractivity (Wildman–Crippen MR) is 84.5 cm³/mol. The van der Waals surface area contributed by atoms with E-state index in [0.29, 0.717) is 19.6 Å². The van der Waals surface area contributed by atoms with E-state index in [0.717, 1.165) is 43.6 Å². The largest absolute Gasteiger partial charge is 0.381 e. The van der Waals surface area contributed by atoms with Crippen molar-refractivity contribution in [2.75, 3.05) is 19.8 Å². The van der Waals surface area contributed by atoms with E-state index >= 15 is 0 Å². The molecule has 2 aliphatic rings. The van der Waals surface area contributed by atoms with Crippen LogP contribution in [0.3, 0.4) is 0 Å². The average molecular weight is 321 g/mol. The summed E-state index contributed by atoms with van der Waals surface area (Å²) in [4.78, 5) is 14.3. The summed E-state index contributed by atoms with van der Waals surface area (Å²) < 4.78 is 24.5. The topological polar surface area (TPSA) is 38.8 Å². The molecule has 2 aliphatic heterocycles. The van der Waals surface area contributed by atoms with Crippen molar-refractivity contribution in [3.8, 4) is 0 Å². The van der Waals surface area contributed by atoms with Crippen LogP contribution in [0.5, 0.6) is 0 Å². The summed E-state index contributed by atoms with van der Waals surface area (Å²) in [5, 5.41) is 0. The van der Waals surface area contributed by atoms with Crippen LogP contribution >= 0.6 is 0 Å². The molecule has 2 heterocycles. The maximum atomic E-state index is 13.4. The first-order chi connectivity index (χ1) is 11.1. The van der Waals surface area contributed by atoms with Crippen LogP contribution in [0.2, 0.25) is 0 Å². The van der Waals surface area contributed by atoms with Gasteiger partial charge < -0.3 is 14.4 Å². The molecule has 23 heavy (non-hydrogen) atoms. The van der Waals surface area contributed by atoms with Crippen LogP contribution in [0.4, 0.5) is 4.39 Å². The summed E-state index contributed by atoms with van der Waals surface area (Å²) in [5.74, 6) is -0.159. The van der Waals surface area contributed by atoms with Crippen molar-refractivity contribution in [2.45, 2.75) is 51.3 Å². The Balaban J connectivity index is 1.52. The minimum Gasteiger partial charge on any atom is -0.381 e. The molecule has 0 aromatic heterocycles. The first-order valence-electron chi connectivity index (χ1n) is 8.39. The molecule has 1 aromatic carbocycles. The van der Waals surface area contributed by atoms with Gasteiger partial charge in [-0.15, -0.1) is 0 Å². The van der Waals surface area contributed by atoms with Crippen molar-refractivity contribution < 1.29 is 18.7 Å². The first kappa shape index (κ1) is 16.4. The van der Waals surface area contributed by atoms with Gasteiger partial charge in [0.1, 0.15) is 5.82 Å². The number of nitrogens with zero attached hydrogens (tertiary/aromatic N) is 1. The van der Waals surface area contributed by atoms with E-state index in [2.05, 4.69) is 0 Å². The maximum absolute atomic E-state index is 13.4. The zero-order valence-electron chi connectivity index (χ0n) is 13.6. The number of halogens is 1. The van der Waals surface area contributed by atoms with Crippen LogP contribution < -0.4 is 0 Å². The lowest BCUT2D eigenvalue weighted by Crippen LogP contribution is -2.43. The molecule has 0 bridgehead atoms. The van der Waals surface area contributed by atoms with Gasteiger partial charge in [-0.25, -0.2) is 4.39 Å². The Morgan fingerprint density at radius 3 is 2.91 bits per heavy atom. The number of hydrogen-bond acceptors (Lipinski definition) is 3. The second-order valence-electron chi connectivity index (χ2n) is 6.42. The SMILES string of the molecule is C[C@@H]1Cc2ccc(F)cc2CN1C(=O)CCOC1CCOCC1. The second kappa shape index (κ2) is 7.41. The van der Waals surface area contributed by atoms with Crippen LogP contribution in [0.25, 0.3) is 0 Å². The van der Waals surface area contributed by atoms with Crippen LogP contribution in [0, 0.1) is 5.82 Å². The molecule has 0 aliphatic carbocycles. The zero-order valence-corrected chi connectivity index (χ0v) is 13.6. The number of amides is 1. The van der Waals surface area contributed by atoms with Gasteiger partial charge in [-0.3, -0.25) is 4.79 Å². The van der Waals surface area contributed by atoms with Gasteiger partial charge in [0.2, 0.25) is 5.91 Å². The number of carbonyl (C=O) groups is 1. The summed E-state index contributed by atoms with van der Waals surface area (Å²) in [7, 11) is 0. The fraction of sp³-hybridized carbons (Fsp3) is 0.611. The highest BCUT2D eigenvalue weighted by Gasteiger charge is 2.27. The van der Waals surface area contributed by atoms with E-state index in [1.165, 1.54) is 6.07 Å². The number of fused-ring (bicyclic) bond motifs is 1. The van der Waals surface area contributed by atoms with E-state index in [9.17, 15) is 9.18 Å². The Bertz CT molecular complexity index is 557. The van der Waals surface area contributed by atoms with Gasteiger partial charge >= 0.3 is 0 Å². The molecule has 3 rings (SSSR count). The van der Waals surface area contributed by atoms with Crippen molar-refractivity contribution >= 4 is 5.91 Å². The molecule has 1 fully saturated rings. The van der Waals surface area contributed by atoms with Gasteiger partial charge in [-0.05, 0) is 49.4 Å². The van der Waals surface area contributed by atoms with Crippen molar-refractivity contribution in [2.24, 2.45) is 0 Å². The average Bonchev–Trinajstić information content (AvgIpc) is 2.55. The molecule has 0 N–H and O–H groups in total. The molecule has 1 atom stereocenters. The van der Waals surface area contributed by atoms with Crippen LogP contribution in [0.15, 0.2) is 18.2 Å². The number of carbonyl (C=O) groups excluding carboxylic acids is 1. The lowest BCUT2D eigenvalue weighted by Gasteiger charge is -2.35. The molecule has 4 nitrogen and oxygen atoms in total. The molecular weight excluding hydrogens is 297 g/mol. The third-order valence-corrected chi connectivity index (χ3v) is 4.71. The summed E-state index contributed by atoms with van der Waals surface area (Å²) in [6, 6.07) is 5.01. The Labute approximate surface area is 136 Å². The van der Waals surface area contributed by atoms with Gasteiger partial charge in [0.05, 0.1) is 19.1 Å². The highest BCUT2D eigenvalue weighted by Crippen LogP contribution is 2.24. The molecule has 1 amide bonds. The normalized spacial score (nSPS) is 22.0. The molecule has 0 unspecified atom stereocenters. The van der Waals surface area contributed by atoms with Gasteiger partial charge in [-0.1, -0.05) is 6.07 Å². The van der Waals surface area contributed by atoms with Crippen molar-refractivity contribution in [3.05, 3.63) is 35.1 Å². The fourth-order valence-electron chi connectivity index (χ4n) is 3.34. The van der Waals surface area contributed by atoms with Gasteiger partial charge in [0.15, 0.2) is 0 Å². The maximum Gasteiger partial charge on any atom is 0.225 e. The van der Waals surface area contributed by atoms with Crippen molar-refractivity contribution in [1.29, 1.82) is 0 Å². The number of ether oxygens (including phenoxy) is 2. The lowest BCUT2D eigenvalue weighted by molar-refractivity contribution is -0.136. The minimum absolute atomic E-state index is 0.0828. The van der Waals surface area contributed by atoms with Crippen LogP contribution in [0.1, 0.15) is 37.3 Å². The zero-order chi connectivity index (χ0) is 16.2. The van der Waals surface area contributed by atoms with Crippen molar-refractivity contribution in [3.63, 3.8) is 0 Å². The Morgan fingerprint density at radius 1 is 1.35 bits per heavy atom. The summed E-state index contributed by atoms with van der Waals surface area (Å²) in [6.45, 7) is 4.46. The third-order valence-electron chi connectivity index (χ3n) is 4.71. The first-order valence-corrected chi connectivity index (χ1v) is 8.39. The third kappa shape index (κ3) is 4.09. The van der Waals surface area contributed by atoms with Crippen LogP contribution in [-0.2, 0) is 27.2 Å². The molecule has 0 radical (unpaired) electrons. The van der Waals surface area contributed by atoms with Gasteiger partial charge in [0.25, 0.3) is 0 Å². The standard InChI is InChI=1S/C18H24FNO3/c1-13-10-14-2-3-16(19)11-15(14)12-20(13)18(21)6-9-23-17-4-7-22-8-5-17/h2-3,11,13,17H,4-10,12H2,1H3/t13-/m1/s1. The molecule has 0 spiro atoms. The quantitative estimate of drug-likeness (QED) is 0.856. The van der Waals surface area contributed by atoms with Gasteiger partial charge in [-0.2, -0.15) is 0 Å². The number of benzene rings is 1. The Hall–Kier alpha value is -1.46. The smallest absolute Gasteiger partial charge is 0.225 e. The molecule has 0 saturated carbocycles. The summed E-state index contributed by atoms with van der Waals surface area (Å²) in [5.41, 5.74) is 2.06. The highest BCUT2D eigenvalue weighted by molar-refractivity contribution is 5.77. The number of rotatable bonds is 4. The van der Waals surface area contributed by atoms with E-state index < -0.39 is 0 Å². The van der Waals surface area contributed by atoms with Crippen molar-refractivity contribution in [1.82, 2.24) is 4.90 Å². The molecule has 1 saturated heterocycles. The summed E-state index contributed by atoms with van der Waals surface area (Å²) in [6.07, 6.45) is 3.18. The van der Waals surface area contributed by atoms with E-state index in [1.807, 2.05) is 17.9 Å². The van der Waals surface area contributed by atoms with E-state index in [4.69, 9.17) is 9.47 Å². The molecule has 5 heteroatoms. The fourth-order valence-corrected chi connectivity index (χ4v) is 3.34. The predicted octanol–water partition coefficient (Wildman–Crippen LogP) is 2.68. The van der Waals surface area contributed by atoms with E-state index in [1.54, 1.807) is 6.07 Å². The van der Waals surface area contributed by atoms with Crippen LogP contribution in [-0.4, -0.2) is 42.8 Å². The summed E-state index contributed by atoms with van der Waals surface area (Å²) >= 11 is 0. The Kier molecular flexibility index (Phi) is 5.28. The van der Waals surface area contributed by atoms with Gasteiger partial charge in [0, 0.05) is 25.8 Å². The molecule has 126 valence electrons. The highest BCUT2D eigenvalue weighted by atomic mass is 19.1. The number of hydrogen-bond donors (Lipinski definition) is 0. The monoisotopic (exact) mass is 321 g/mol. The van der Waals surface area contributed by atoms with E-state index in [-0.39, 0.29) is 23.9 Å². The lowest BCUT2D eigenvalue weighted by atomic mass is 9.94. The second-order valence-corrected chi connectivity index (χ2v) is 6.42. The Morgan fingerprint density at radius 2 is 2.13 bits per heavy atom. The molecule has 1 aromatic rings. The minimum atomic E-state index is -0.242.